The van der Waals surface area contributed by atoms with Gasteiger partial charge in [-0.2, -0.15) is 10.2 Å². The Morgan fingerprint density at radius 1 is 0.821 bits per heavy atom. The molecule has 1 atom stereocenters. The number of hydrazone groups is 2. The first-order valence-corrected chi connectivity index (χ1v) is 13.9. The largest absolute Gasteiger partial charge is 0.461 e. The third kappa shape index (κ3) is 4.46. The summed E-state index contributed by atoms with van der Waals surface area (Å²) in [5.74, 6) is -0.496. The van der Waals surface area contributed by atoms with Crippen LogP contribution in [-0.2, 0) is 14.5 Å². The number of esters is 1. The Hall–Kier alpha value is -3.78. The fraction of sp³-hybridized carbons (Fsp3) is 0.100. The zero-order valence-corrected chi connectivity index (χ0v) is 23.1. The van der Waals surface area contributed by atoms with E-state index in [1.54, 1.807) is 13.0 Å². The molecule has 0 aliphatic carbocycles. The predicted molar refractivity (Wildman–Crippen MR) is 160 cm³/mol. The van der Waals surface area contributed by atoms with E-state index < -0.39 is 11.0 Å². The lowest BCUT2D eigenvalue weighted by Crippen LogP contribution is -2.54. The number of halogens is 2. The lowest BCUT2D eigenvalue weighted by atomic mass is 9.93. The highest BCUT2D eigenvalue weighted by Crippen LogP contribution is 2.55. The quantitative estimate of drug-likeness (QED) is 0.232. The molecule has 0 saturated carbocycles. The standard InChI is InChI=1S/C30H22Cl2N4O2S/c1-2-38-29(37)28-34-36(24-12-8-9-22(32)19-24)30(39-28)26-14-7-6-13-25(26)27(20-15-17-21(31)18-16-20)33-35(30)23-10-4-3-5-11-23/h3-19H,2H2,1H3. The van der Waals surface area contributed by atoms with Crippen LogP contribution < -0.4 is 10.0 Å². The van der Waals surface area contributed by atoms with E-state index in [4.69, 9.17) is 38.1 Å². The van der Waals surface area contributed by atoms with Crippen molar-refractivity contribution in [3.8, 4) is 0 Å². The number of ether oxygens (including phenoxy) is 1. The van der Waals surface area contributed by atoms with Gasteiger partial charge in [-0.25, -0.2) is 14.8 Å². The summed E-state index contributed by atoms with van der Waals surface area (Å²) in [6.07, 6.45) is 0. The molecule has 0 bridgehead atoms. The number of carbonyl (C=O) groups excluding carboxylic acids is 1. The van der Waals surface area contributed by atoms with Gasteiger partial charge >= 0.3 is 5.97 Å². The number of hydrogen-bond donors (Lipinski definition) is 0. The van der Waals surface area contributed by atoms with Crippen molar-refractivity contribution in [3.05, 3.63) is 130 Å². The molecule has 0 N–H and O–H groups in total. The van der Waals surface area contributed by atoms with Crippen LogP contribution in [-0.4, -0.2) is 23.3 Å². The van der Waals surface area contributed by atoms with Crippen LogP contribution in [0.3, 0.4) is 0 Å². The Morgan fingerprint density at radius 3 is 2.26 bits per heavy atom. The van der Waals surface area contributed by atoms with Gasteiger partial charge in [0, 0.05) is 26.7 Å². The average molecular weight is 574 g/mol. The zero-order valence-electron chi connectivity index (χ0n) is 20.8. The second kappa shape index (κ2) is 10.4. The van der Waals surface area contributed by atoms with Crippen molar-refractivity contribution < 1.29 is 9.53 Å². The highest BCUT2D eigenvalue weighted by atomic mass is 35.5. The molecule has 6 rings (SSSR count). The summed E-state index contributed by atoms with van der Waals surface area (Å²) in [5, 5.41) is 15.2. The molecule has 2 aliphatic heterocycles. The SMILES string of the molecule is CCOC(=O)C1=NN(c2cccc(Cl)c2)C2(S1)c1ccccc1C(c1ccc(Cl)cc1)=NN2c1ccccc1. The highest BCUT2D eigenvalue weighted by molar-refractivity contribution is 8.16. The molecule has 2 aliphatic rings. The third-order valence-electron chi connectivity index (χ3n) is 6.36. The van der Waals surface area contributed by atoms with E-state index in [1.165, 1.54) is 11.8 Å². The Morgan fingerprint density at radius 2 is 1.51 bits per heavy atom. The molecule has 0 radical (unpaired) electrons. The van der Waals surface area contributed by atoms with Crippen LogP contribution in [0, 0.1) is 0 Å². The molecular formula is C30H22Cl2N4O2S. The molecule has 0 amide bonds. The zero-order chi connectivity index (χ0) is 27.0. The van der Waals surface area contributed by atoms with Crippen LogP contribution >= 0.6 is 35.0 Å². The Bertz CT molecular complexity index is 1610. The molecule has 6 nitrogen and oxygen atoms in total. The maximum atomic E-state index is 13.1. The Balaban J connectivity index is 1.64. The lowest BCUT2D eigenvalue weighted by Gasteiger charge is -2.47. The van der Waals surface area contributed by atoms with E-state index in [0.717, 1.165) is 28.1 Å². The number of rotatable bonds is 5. The monoisotopic (exact) mass is 572 g/mol. The van der Waals surface area contributed by atoms with Crippen LogP contribution in [0.25, 0.3) is 0 Å². The molecule has 0 saturated heterocycles. The van der Waals surface area contributed by atoms with Gasteiger partial charge in [-0.05, 0) is 61.2 Å². The van der Waals surface area contributed by atoms with Crippen molar-refractivity contribution in [2.45, 2.75) is 11.9 Å². The minimum absolute atomic E-state index is 0.220. The molecule has 4 aromatic rings. The maximum Gasteiger partial charge on any atom is 0.365 e. The topological polar surface area (TPSA) is 57.5 Å². The van der Waals surface area contributed by atoms with E-state index in [0.29, 0.717) is 15.7 Å². The number of nitrogens with zero attached hydrogens (tertiary/aromatic N) is 4. The number of thioether (sulfide) groups is 1. The minimum atomic E-state index is -1.10. The number of carbonyl (C=O) groups is 1. The van der Waals surface area contributed by atoms with Crippen molar-refractivity contribution in [3.63, 3.8) is 0 Å². The predicted octanol–water partition coefficient (Wildman–Crippen LogP) is 7.51. The lowest BCUT2D eigenvalue weighted by molar-refractivity contribution is -0.134. The van der Waals surface area contributed by atoms with Gasteiger partial charge in [0.25, 0.3) is 0 Å². The van der Waals surface area contributed by atoms with Crippen LogP contribution in [0.15, 0.2) is 113 Å². The average Bonchev–Trinajstić information content (AvgIpc) is 3.36. The van der Waals surface area contributed by atoms with Gasteiger partial charge in [0.15, 0.2) is 0 Å². The maximum absolute atomic E-state index is 13.1. The first kappa shape index (κ1) is 25.5. The van der Waals surface area contributed by atoms with E-state index in [9.17, 15) is 4.79 Å². The summed E-state index contributed by atoms with van der Waals surface area (Å²) in [5.41, 5.74) is 5.02. The Kier molecular flexibility index (Phi) is 6.81. The molecule has 1 unspecified atom stereocenters. The fourth-order valence-corrected chi connectivity index (χ4v) is 6.31. The van der Waals surface area contributed by atoms with E-state index in [-0.39, 0.29) is 11.7 Å². The molecule has 4 aromatic carbocycles. The van der Waals surface area contributed by atoms with Gasteiger partial charge < -0.3 is 4.74 Å². The van der Waals surface area contributed by atoms with Crippen molar-refractivity contribution >= 4 is 63.1 Å². The highest BCUT2D eigenvalue weighted by Gasteiger charge is 2.56. The number of benzene rings is 4. The van der Waals surface area contributed by atoms with Crippen molar-refractivity contribution in [1.82, 2.24) is 0 Å². The smallest absolute Gasteiger partial charge is 0.365 e. The normalized spacial score (nSPS) is 18.0. The van der Waals surface area contributed by atoms with Crippen LogP contribution in [0.4, 0.5) is 11.4 Å². The van der Waals surface area contributed by atoms with Crippen molar-refractivity contribution in [1.29, 1.82) is 0 Å². The van der Waals surface area contributed by atoms with E-state index in [1.807, 2.05) is 107 Å². The summed E-state index contributed by atoms with van der Waals surface area (Å²) in [6.45, 7) is 2.01. The number of hydrogen-bond acceptors (Lipinski definition) is 7. The van der Waals surface area contributed by atoms with Gasteiger partial charge in [0.1, 0.15) is 0 Å². The summed E-state index contributed by atoms with van der Waals surface area (Å²) < 4.78 is 5.39. The molecular weight excluding hydrogens is 551 g/mol. The van der Waals surface area contributed by atoms with Gasteiger partial charge in [-0.1, -0.05) is 83.9 Å². The van der Waals surface area contributed by atoms with Gasteiger partial charge in [0.05, 0.1) is 23.7 Å². The Labute approximate surface area is 240 Å². The number of fused-ring (bicyclic) bond motifs is 2. The first-order chi connectivity index (χ1) is 19.0. The first-order valence-electron chi connectivity index (χ1n) is 12.3. The third-order valence-corrected chi connectivity index (χ3v) is 8.14. The van der Waals surface area contributed by atoms with Crippen LogP contribution in [0.1, 0.15) is 23.6 Å². The second-order valence-corrected chi connectivity index (χ2v) is 10.8. The molecule has 9 heteroatoms. The molecule has 2 heterocycles. The van der Waals surface area contributed by atoms with Gasteiger partial charge in [0.2, 0.25) is 10.0 Å². The molecule has 1 spiro atoms. The summed E-state index contributed by atoms with van der Waals surface area (Å²) >= 11 is 14.0. The molecule has 39 heavy (non-hydrogen) atoms. The summed E-state index contributed by atoms with van der Waals surface area (Å²) in [7, 11) is 0. The molecule has 0 aromatic heterocycles. The minimum Gasteiger partial charge on any atom is -0.461 e. The summed E-state index contributed by atoms with van der Waals surface area (Å²) in [6, 6.07) is 32.9. The van der Waals surface area contributed by atoms with Crippen LogP contribution in [0.5, 0.6) is 0 Å². The number of anilines is 2. The van der Waals surface area contributed by atoms with E-state index >= 15 is 0 Å². The van der Waals surface area contributed by atoms with Gasteiger partial charge in [-0.3, -0.25) is 0 Å². The summed E-state index contributed by atoms with van der Waals surface area (Å²) in [4.78, 5) is 12.0. The number of para-hydroxylation sites is 1. The van der Waals surface area contributed by atoms with Crippen molar-refractivity contribution in [2.24, 2.45) is 10.2 Å². The van der Waals surface area contributed by atoms with Crippen LogP contribution in [0.2, 0.25) is 10.0 Å². The van der Waals surface area contributed by atoms with Gasteiger partial charge in [-0.15, -0.1) is 0 Å². The molecule has 0 fully saturated rings. The molecule has 194 valence electrons. The van der Waals surface area contributed by atoms with E-state index in [2.05, 4.69) is 0 Å². The fourth-order valence-electron chi connectivity index (χ4n) is 4.71. The second-order valence-electron chi connectivity index (χ2n) is 8.78. The van der Waals surface area contributed by atoms with Crippen molar-refractivity contribution in [2.75, 3.05) is 16.6 Å².